The zero-order valence-corrected chi connectivity index (χ0v) is 9.76. The Morgan fingerprint density at radius 1 is 1.41 bits per heavy atom. The van der Waals surface area contributed by atoms with Crippen molar-refractivity contribution < 1.29 is 17.9 Å². The van der Waals surface area contributed by atoms with E-state index in [9.17, 15) is 13.2 Å². The molecule has 17 heavy (non-hydrogen) atoms. The van der Waals surface area contributed by atoms with Crippen molar-refractivity contribution >= 4 is 0 Å². The lowest BCUT2D eigenvalue weighted by molar-refractivity contribution is -0.136. The lowest BCUT2D eigenvalue weighted by Crippen LogP contribution is -2.21. The maximum Gasteiger partial charge on any atom is 0.390 e. The molecule has 0 unspecified atom stereocenters. The molecule has 6 heteroatoms. The minimum Gasteiger partial charge on any atom is -0.383 e. The van der Waals surface area contributed by atoms with Gasteiger partial charge in [-0.05, 0) is 12.1 Å². The third-order valence-corrected chi connectivity index (χ3v) is 2.35. The molecule has 1 aromatic rings. The maximum atomic E-state index is 12.1. The molecule has 1 aromatic heterocycles. The summed E-state index contributed by atoms with van der Waals surface area (Å²) in [7, 11) is 1.60. The van der Waals surface area contributed by atoms with E-state index in [1.54, 1.807) is 23.9 Å². The quantitative estimate of drug-likeness (QED) is 0.751. The van der Waals surface area contributed by atoms with Crippen molar-refractivity contribution in [2.75, 3.05) is 20.3 Å². The van der Waals surface area contributed by atoms with Crippen LogP contribution in [0.5, 0.6) is 0 Å². The summed E-state index contributed by atoms with van der Waals surface area (Å²) in [4.78, 5) is 0. The van der Waals surface area contributed by atoms with E-state index in [0.717, 1.165) is 5.69 Å². The van der Waals surface area contributed by atoms with Crippen LogP contribution in [-0.4, -0.2) is 31.0 Å². The second-order valence-corrected chi connectivity index (χ2v) is 3.73. The van der Waals surface area contributed by atoms with Gasteiger partial charge in [-0.2, -0.15) is 13.2 Å². The van der Waals surface area contributed by atoms with Crippen LogP contribution in [0, 0.1) is 0 Å². The largest absolute Gasteiger partial charge is 0.390 e. The summed E-state index contributed by atoms with van der Waals surface area (Å²) in [6.45, 7) is 1.79. The van der Waals surface area contributed by atoms with E-state index in [4.69, 9.17) is 4.74 Å². The third-order valence-electron chi connectivity index (χ3n) is 2.35. The standard InChI is InChI=1S/C11H17F3N2O/c1-17-8-5-15-9-10-3-2-6-16(10)7-4-11(12,13)14/h2-3,6,15H,4-5,7-9H2,1H3. The van der Waals surface area contributed by atoms with Crippen LogP contribution in [0.4, 0.5) is 13.2 Å². The van der Waals surface area contributed by atoms with Gasteiger partial charge in [-0.15, -0.1) is 0 Å². The second kappa shape index (κ2) is 6.66. The normalized spacial score (nSPS) is 12.0. The van der Waals surface area contributed by atoms with Gasteiger partial charge in [-0.1, -0.05) is 0 Å². The Kier molecular flexibility index (Phi) is 5.50. The summed E-state index contributed by atoms with van der Waals surface area (Å²) in [5.41, 5.74) is 0.852. The molecule has 0 aromatic carbocycles. The number of aromatic nitrogens is 1. The molecule has 1 rings (SSSR count). The predicted molar refractivity (Wildman–Crippen MR) is 58.7 cm³/mol. The molecule has 0 saturated carbocycles. The van der Waals surface area contributed by atoms with Crippen LogP contribution in [0.1, 0.15) is 12.1 Å². The zero-order valence-electron chi connectivity index (χ0n) is 9.76. The fraction of sp³-hybridized carbons (Fsp3) is 0.636. The van der Waals surface area contributed by atoms with Gasteiger partial charge in [0.1, 0.15) is 0 Å². The van der Waals surface area contributed by atoms with Crippen molar-refractivity contribution in [1.29, 1.82) is 0 Å². The maximum absolute atomic E-state index is 12.1. The van der Waals surface area contributed by atoms with Crippen LogP contribution in [0.25, 0.3) is 0 Å². The highest BCUT2D eigenvalue weighted by Gasteiger charge is 2.26. The van der Waals surface area contributed by atoms with E-state index in [2.05, 4.69) is 5.32 Å². The molecule has 1 N–H and O–H groups in total. The van der Waals surface area contributed by atoms with E-state index in [1.165, 1.54) is 0 Å². The molecule has 0 aliphatic rings. The summed E-state index contributed by atoms with van der Waals surface area (Å²) >= 11 is 0. The monoisotopic (exact) mass is 250 g/mol. The van der Waals surface area contributed by atoms with Gasteiger partial charge in [0.25, 0.3) is 0 Å². The lowest BCUT2D eigenvalue weighted by atomic mass is 10.3. The van der Waals surface area contributed by atoms with Crippen molar-refractivity contribution in [3.63, 3.8) is 0 Å². The van der Waals surface area contributed by atoms with Crippen LogP contribution >= 0.6 is 0 Å². The highest BCUT2D eigenvalue weighted by atomic mass is 19.4. The number of halogens is 3. The Hall–Kier alpha value is -1.01. The molecular formula is C11H17F3N2O. The molecule has 0 saturated heterocycles. The highest BCUT2D eigenvalue weighted by Crippen LogP contribution is 2.20. The van der Waals surface area contributed by atoms with E-state index in [-0.39, 0.29) is 6.54 Å². The number of aryl methyl sites for hydroxylation is 1. The Morgan fingerprint density at radius 2 is 2.18 bits per heavy atom. The number of ether oxygens (including phenoxy) is 1. The molecule has 0 atom stereocenters. The topological polar surface area (TPSA) is 26.2 Å². The second-order valence-electron chi connectivity index (χ2n) is 3.73. The first-order valence-electron chi connectivity index (χ1n) is 5.43. The van der Waals surface area contributed by atoms with Gasteiger partial charge < -0.3 is 14.6 Å². The first kappa shape index (κ1) is 14.1. The van der Waals surface area contributed by atoms with Crippen molar-refractivity contribution in [3.05, 3.63) is 24.0 Å². The first-order valence-corrected chi connectivity index (χ1v) is 5.43. The summed E-state index contributed by atoms with van der Waals surface area (Å²) < 4.78 is 42.7. The molecule has 98 valence electrons. The first-order chi connectivity index (χ1) is 8.03. The third kappa shape index (κ3) is 5.74. The van der Waals surface area contributed by atoms with Gasteiger partial charge in [-0.3, -0.25) is 0 Å². The molecule has 1 heterocycles. The number of nitrogens with one attached hydrogen (secondary N) is 1. The van der Waals surface area contributed by atoms with Gasteiger partial charge in [0.2, 0.25) is 0 Å². The lowest BCUT2D eigenvalue weighted by Gasteiger charge is -2.11. The van der Waals surface area contributed by atoms with E-state index >= 15 is 0 Å². The van der Waals surface area contributed by atoms with Crippen LogP contribution in [0.3, 0.4) is 0 Å². The number of rotatable bonds is 7. The summed E-state index contributed by atoms with van der Waals surface area (Å²) in [6, 6.07) is 3.57. The Bertz CT molecular complexity index is 323. The van der Waals surface area contributed by atoms with Crippen molar-refractivity contribution in [3.8, 4) is 0 Å². The molecule has 3 nitrogen and oxygen atoms in total. The van der Waals surface area contributed by atoms with E-state index in [0.29, 0.717) is 19.7 Å². The SMILES string of the molecule is COCCNCc1cccn1CCC(F)(F)F. The number of hydrogen-bond acceptors (Lipinski definition) is 2. The molecular weight excluding hydrogens is 233 g/mol. The molecule has 0 spiro atoms. The average molecular weight is 250 g/mol. The summed E-state index contributed by atoms with van der Waals surface area (Å²) in [6.07, 6.45) is -3.24. The number of alkyl halides is 3. The van der Waals surface area contributed by atoms with Crippen molar-refractivity contribution in [2.24, 2.45) is 0 Å². The number of hydrogen-bond donors (Lipinski definition) is 1. The van der Waals surface area contributed by atoms with Crippen molar-refractivity contribution in [2.45, 2.75) is 25.7 Å². The average Bonchev–Trinajstić information content (AvgIpc) is 2.68. The molecule has 0 bridgehead atoms. The van der Waals surface area contributed by atoms with Crippen LogP contribution in [0.2, 0.25) is 0 Å². The van der Waals surface area contributed by atoms with Gasteiger partial charge >= 0.3 is 6.18 Å². The van der Waals surface area contributed by atoms with E-state index < -0.39 is 12.6 Å². The van der Waals surface area contributed by atoms with Crippen LogP contribution < -0.4 is 5.32 Å². The van der Waals surface area contributed by atoms with Gasteiger partial charge in [-0.25, -0.2) is 0 Å². The van der Waals surface area contributed by atoms with Gasteiger partial charge in [0, 0.05) is 38.6 Å². The van der Waals surface area contributed by atoms with Crippen LogP contribution in [-0.2, 0) is 17.8 Å². The van der Waals surface area contributed by atoms with Gasteiger partial charge in [0.15, 0.2) is 0 Å². The molecule has 0 aliphatic heterocycles. The minimum atomic E-state index is -4.11. The Labute approximate surface area is 98.6 Å². The number of methoxy groups -OCH3 is 1. The Morgan fingerprint density at radius 3 is 2.82 bits per heavy atom. The highest BCUT2D eigenvalue weighted by molar-refractivity contribution is 5.06. The molecule has 0 fully saturated rings. The van der Waals surface area contributed by atoms with Crippen LogP contribution in [0.15, 0.2) is 18.3 Å². The predicted octanol–water partition coefficient (Wildman–Crippen LogP) is 2.18. The zero-order chi connectivity index (χ0) is 12.7. The van der Waals surface area contributed by atoms with Gasteiger partial charge in [0.05, 0.1) is 13.0 Å². The fourth-order valence-electron chi connectivity index (χ4n) is 1.47. The fourth-order valence-corrected chi connectivity index (χ4v) is 1.47. The van der Waals surface area contributed by atoms with E-state index in [1.807, 2.05) is 6.07 Å². The van der Waals surface area contributed by atoms with Crippen molar-refractivity contribution in [1.82, 2.24) is 9.88 Å². The minimum absolute atomic E-state index is 0.0300. The molecule has 0 radical (unpaired) electrons. The summed E-state index contributed by atoms with van der Waals surface area (Å²) in [5.74, 6) is 0. The summed E-state index contributed by atoms with van der Waals surface area (Å²) in [5, 5.41) is 3.10. The Balaban J connectivity index is 2.37. The molecule has 0 amide bonds. The molecule has 0 aliphatic carbocycles. The number of nitrogens with zero attached hydrogens (tertiary/aromatic N) is 1. The smallest absolute Gasteiger partial charge is 0.383 e.